The summed E-state index contributed by atoms with van der Waals surface area (Å²) in [6.45, 7) is 3.23. The van der Waals surface area contributed by atoms with Crippen LogP contribution in [0.15, 0.2) is 0 Å². The highest BCUT2D eigenvalue weighted by Crippen LogP contribution is 2.14. The van der Waals surface area contributed by atoms with Crippen LogP contribution in [0.2, 0.25) is 0 Å². The Morgan fingerprint density at radius 1 is 0.833 bits per heavy atom. The van der Waals surface area contributed by atoms with E-state index in [4.69, 9.17) is 12.2 Å². The van der Waals surface area contributed by atoms with E-state index in [0.717, 1.165) is 13.0 Å². The van der Waals surface area contributed by atoms with Gasteiger partial charge >= 0.3 is 0 Å². The number of nitrogens with zero attached hydrogens (tertiary/aromatic N) is 1. The predicted octanol–water partition coefficient (Wildman–Crippen LogP) is 6.24. The summed E-state index contributed by atoms with van der Waals surface area (Å²) >= 11 is 5.42. The molecule has 30 heavy (non-hydrogen) atoms. The van der Waals surface area contributed by atoms with Crippen molar-refractivity contribution in [1.29, 1.82) is 0 Å². The minimum Gasteiger partial charge on any atom is -0.359 e. The molecule has 0 aromatic carbocycles. The van der Waals surface area contributed by atoms with Gasteiger partial charge in [0.1, 0.15) is 0 Å². The molecule has 1 aliphatic rings. The molecule has 0 bridgehead atoms. The van der Waals surface area contributed by atoms with Gasteiger partial charge in [-0.1, -0.05) is 103 Å². The van der Waals surface area contributed by atoms with Crippen LogP contribution < -0.4 is 5.32 Å². The van der Waals surface area contributed by atoms with Crippen LogP contribution in [0.5, 0.6) is 0 Å². The molecule has 0 aromatic rings. The highest BCUT2D eigenvalue weighted by atomic mass is 32.2. The minimum atomic E-state index is -2.85. The van der Waals surface area contributed by atoms with Crippen LogP contribution in [0.25, 0.3) is 0 Å². The molecule has 1 rings (SSSR count). The summed E-state index contributed by atoms with van der Waals surface area (Å²) in [6.07, 6.45) is 22.7. The van der Waals surface area contributed by atoms with Crippen molar-refractivity contribution in [3.8, 4) is 0 Å². The van der Waals surface area contributed by atoms with Crippen LogP contribution >= 0.6 is 12.2 Å². The Kier molecular flexibility index (Phi) is 15.9. The number of rotatable bonds is 18. The molecule has 0 radical (unpaired) electrons. The predicted molar refractivity (Wildman–Crippen MR) is 135 cm³/mol. The van der Waals surface area contributed by atoms with Crippen molar-refractivity contribution in [2.45, 2.75) is 122 Å². The summed E-state index contributed by atoms with van der Waals surface area (Å²) in [5, 5.41) is 3.91. The summed E-state index contributed by atoms with van der Waals surface area (Å²) in [4.78, 5) is 2.06. The maximum atomic E-state index is 11.5. The zero-order valence-corrected chi connectivity index (χ0v) is 21.4. The Balaban J connectivity index is 1.83. The summed E-state index contributed by atoms with van der Waals surface area (Å²) in [5.41, 5.74) is 0. The molecule has 0 spiro atoms. The lowest BCUT2D eigenvalue weighted by atomic mass is 10.0. The summed E-state index contributed by atoms with van der Waals surface area (Å²) in [6, 6.07) is -0.00394. The second-order valence-electron chi connectivity index (χ2n) is 9.27. The first-order valence-corrected chi connectivity index (χ1v) is 14.9. The molecule has 1 unspecified atom stereocenters. The highest BCUT2D eigenvalue weighted by molar-refractivity contribution is 7.91. The smallest absolute Gasteiger partial charge is 0.168 e. The Labute approximate surface area is 192 Å². The lowest BCUT2D eigenvalue weighted by Gasteiger charge is -2.23. The van der Waals surface area contributed by atoms with Crippen LogP contribution in [-0.2, 0) is 9.84 Å². The molecule has 1 N–H and O–H groups in total. The number of thiocarbonyl (C=S) groups is 1. The van der Waals surface area contributed by atoms with Gasteiger partial charge in [0.15, 0.2) is 14.9 Å². The van der Waals surface area contributed by atoms with Crippen LogP contribution in [0.1, 0.15) is 116 Å². The van der Waals surface area contributed by atoms with E-state index in [9.17, 15) is 8.42 Å². The fourth-order valence-electron chi connectivity index (χ4n) is 4.19. The summed E-state index contributed by atoms with van der Waals surface area (Å²) in [7, 11) is -0.848. The lowest BCUT2D eigenvalue weighted by Crippen LogP contribution is -2.43. The average Bonchev–Trinajstić information content (AvgIpc) is 3.05. The Bertz CT molecular complexity index is 537. The van der Waals surface area contributed by atoms with Gasteiger partial charge in [0, 0.05) is 19.6 Å². The van der Waals surface area contributed by atoms with Gasteiger partial charge < -0.3 is 10.2 Å². The van der Waals surface area contributed by atoms with Gasteiger partial charge in [-0.05, 0) is 25.1 Å². The van der Waals surface area contributed by atoms with Crippen molar-refractivity contribution in [2.75, 3.05) is 25.1 Å². The Hall–Kier alpha value is -0.360. The Morgan fingerprint density at radius 3 is 1.67 bits per heavy atom. The number of hydrogen-bond acceptors (Lipinski definition) is 3. The van der Waals surface area contributed by atoms with E-state index in [1.165, 1.54) is 96.3 Å². The number of unbranched alkanes of at least 4 members (excludes halogenated alkanes) is 15. The molecular formula is C24H48N2O2S2. The van der Waals surface area contributed by atoms with Gasteiger partial charge in [-0.2, -0.15) is 0 Å². The van der Waals surface area contributed by atoms with Crippen molar-refractivity contribution in [3.63, 3.8) is 0 Å². The third-order valence-corrected chi connectivity index (χ3v) is 8.45. The minimum absolute atomic E-state index is 0.00394. The highest BCUT2D eigenvalue weighted by Gasteiger charge is 2.28. The molecule has 1 heterocycles. The quantitative estimate of drug-likeness (QED) is 0.194. The van der Waals surface area contributed by atoms with E-state index >= 15 is 0 Å². The topological polar surface area (TPSA) is 49.4 Å². The Morgan fingerprint density at radius 2 is 1.27 bits per heavy atom. The van der Waals surface area contributed by atoms with Crippen LogP contribution in [0, 0.1) is 0 Å². The molecule has 1 saturated heterocycles. The standard InChI is InChI=1S/C24H48N2O2S2/c1-3-4-5-6-7-8-9-10-11-12-13-14-15-16-17-18-20-26(2)24(29)25-23-19-21-30(27,28)22-23/h23H,3-22H2,1-2H3,(H,25,29). The molecule has 4 nitrogen and oxygen atoms in total. The van der Waals surface area contributed by atoms with Crippen molar-refractivity contribution in [1.82, 2.24) is 10.2 Å². The largest absolute Gasteiger partial charge is 0.359 e. The van der Waals surface area contributed by atoms with Gasteiger partial charge in [0.2, 0.25) is 0 Å². The van der Waals surface area contributed by atoms with E-state index in [2.05, 4.69) is 17.1 Å². The third kappa shape index (κ3) is 14.6. The molecule has 6 heteroatoms. The van der Waals surface area contributed by atoms with E-state index in [-0.39, 0.29) is 17.5 Å². The molecule has 0 saturated carbocycles. The maximum Gasteiger partial charge on any atom is 0.168 e. The summed E-state index contributed by atoms with van der Waals surface area (Å²) in [5.74, 6) is 0.510. The van der Waals surface area contributed by atoms with Crippen LogP contribution in [-0.4, -0.2) is 49.6 Å². The molecule has 0 amide bonds. The van der Waals surface area contributed by atoms with E-state index < -0.39 is 9.84 Å². The number of sulfone groups is 1. The fourth-order valence-corrected chi connectivity index (χ4v) is 6.12. The first-order chi connectivity index (χ1) is 14.4. The first-order valence-electron chi connectivity index (χ1n) is 12.7. The monoisotopic (exact) mass is 460 g/mol. The molecule has 0 aliphatic carbocycles. The average molecular weight is 461 g/mol. The van der Waals surface area contributed by atoms with Crippen molar-refractivity contribution >= 4 is 27.2 Å². The van der Waals surface area contributed by atoms with Gasteiger partial charge in [0.05, 0.1) is 11.5 Å². The molecule has 0 aromatic heterocycles. The fraction of sp³-hybridized carbons (Fsp3) is 0.958. The first kappa shape index (κ1) is 27.7. The zero-order chi connectivity index (χ0) is 22.1. The normalized spacial score (nSPS) is 17.9. The van der Waals surface area contributed by atoms with Gasteiger partial charge in [-0.3, -0.25) is 0 Å². The van der Waals surface area contributed by atoms with Gasteiger partial charge in [-0.25, -0.2) is 8.42 Å². The zero-order valence-electron chi connectivity index (χ0n) is 19.8. The molecule has 178 valence electrons. The molecule has 1 fully saturated rings. The van der Waals surface area contributed by atoms with Crippen molar-refractivity contribution in [2.24, 2.45) is 0 Å². The van der Waals surface area contributed by atoms with E-state index in [1.54, 1.807) is 0 Å². The van der Waals surface area contributed by atoms with E-state index in [1.807, 2.05) is 7.05 Å². The third-order valence-electron chi connectivity index (χ3n) is 6.25. The number of hydrogen-bond donors (Lipinski definition) is 1. The van der Waals surface area contributed by atoms with Crippen LogP contribution in [0.3, 0.4) is 0 Å². The second-order valence-corrected chi connectivity index (χ2v) is 11.9. The summed E-state index contributed by atoms with van der Waals surface area (Å²) < 4.78 is 23.1. The lowest BCUT2D eigenvalue weighted by molar-refractivity contribution is 0.449. The van der Waals surface area contributed by atoms with Crippen LogP contribution in [0.4, 0.5) is 0 Å². The van der Waals surface area contributed by atoms with Gasteiger partial charge in [0.25, 0.3) is 0 Å². The van der Waals surface area contributed by atoms with Gasteiger partial charge in [-0.15, -0.1) is 0 Å². The van der Waals surface area contributed by atoms with Crippen molar-refractivity contribution in [3.05, 3.63) is 0 Å². The molecule has 1 aliphatic heterocycles. The van der Waals surface area contributed by atoms with Crippen molar-refractivity contribution < 1.29 is 8.42 Å². The SMILES string of the molecule is CCCCCCCCCCCCCCCCCCN(C)C(=S)NC1CCS(=O)(=O)C1. The van der Waals surface area contributed by atoms with E-state index in [0.29, 0.717) is 11.5 Å². The maximum absolute atomic E-state index is 11.5. The second kappa shape index (κ2) is 17.2. The number of nitrogens with one attached hydrogen (secondary N) is 1. The molecule has 1 atom stereocenters. The molecular weight excluding hydrogens is 412 g/mol.